The van der Waals surface area contributed by atoms with Crippen LogP contribution in [0.5, 0.6) is 0 Å². The molecule has 4 amide bonds. The number of urea groups is 1. The molecule has 49 heavy (non-hydrogen) atoms. The van der Waals surface area contributed by atoms with Crippen molar-refractivity contribution in [3.05, 3.63) is 11.6 Å². The van der Waals surface area contributed by atoms with E-state index in [0.29, 0.717) is 42.4 Å². The highest BCUT2D eigenvalue weighted by Crippen LogP contribution is 2.66. The Balaban J connectivity index is 0.810. The predicted molar refractivity (Wildman–Crippen MR) is 193 cm³/mol. The van der Waals surface area contributed by atoms with Crippen molar-refractivity contribution in [1.82, 2.24) is 21.3 Å². The summed E-state index contributed by atoms with van der Waals surface area (Å²) in [6.07, 6.45) is 17.3. The van der Waals surface area contributed by atoms with Gasteiger partial charge in [-0.2, -0.15) is 11.8 Å². The lowest BCUT2D eigenvalue weighted by atomic mass is 9.46. The number of unbranched alkanes of at least 4 members (excludes halogenated alkanes) is 3. The molecular weight excluding hydrogens is 639 g/mol. The molecule has 0 radical (unpaired) electrons. The second kappa shape index (κ2) is 15.8. The quantitative estimate of drug-likeness (QED) is 0.0991. The van der Waals surface area contributed by atoms with Gasteiger partial charge in [-0.25, -0.2) is 4.79 Å². The number of fused-ring (bicyclic) bond motifs is 6. The van der Waals surface area contributed by atoms with Crippen molar-refractivity contribution < 1.29 is 24.0 Å². The van der Waals surface area contributed by atoms with Crippen LogP contribution in [0.15, 0.2) is 16.8 Å². The van der Waals surface area contributed by atoms with Crippen molar-refractivity contribution in [3.63, 3.8) is 0 Å². The van der Waals surface area contributed by atoms with Gasteiger partial charge >= 0.3 is 6.03 Å². The van der Waals surface area contributed by atoms with Crippen molar-refractivity contribution in [2.24, 2.45) is 39.7 Å². The Morgan fingerprint density at radius 1 is 0.939 bits per heavy atom. The summed E-state index contributed by atoms with van der Waals surface area (Å²) in [5.41, 5.74) is 2.84. The van der Waals surface area contributed by atoms with E-state index in [0.717, 1.165) is 81.6 Å². The molecule has 0 aromatic rings. The molecular formula is C38H59N5O5S. The molecule has 6 aliphatic rings. The SMILES string of the molecule is CC(=O)[C@@H]1CC[C@@H]2[C@H]3CCC4=C/C(=N\OCC(=O)NCCCCCNC(=O)CCCC[C@@H]5SC[C@@H]6NC(=O)N[C@@H]65)CC[C@]4(C)[C@@H]3CC[C@@]21C. The normalized spacial score (nSPS) is 36.8. The van der Waals surface area contributed by atoms with E-state index in [4.69, 9.17) is 4.84 Å². The number of allylic oxidation sites excluding steroid dienone is 2. The van der Waals surface area contributed by atoms with Crippen molar-refractivity contribution >= 4 is 41.1 Å². The van der Waals surface area contributed by atoms with Crippen LogP contribution in [0.3, 0.4) is 0 Å². The first-order chi connectivity index (χ1) is 23.6. The second-order valence-corrected chi connectivity index (χ2v) is 17.5. The van der Waals surface area contributed by atoms with Crippen LogP contribution in [0.1, 0.15) is 117 Å². The van der Waals surface area contributed by atoms with E-state index < -0.39 is 0 Å². The van der Waals surface area contributed by atoms with Gasteiger partial charge in [-0.1, -0.05) is 31.0 Å². The molecule has 4 aliphatic carbocycles. The number of carbonyl (C=O) groups is 4. The molecule has 0 unspecified atom stereocenters. The van der Waals surface area contributed by atoms with E-state index in [1.165, 1.54) is 31.3 Å². The molecule has 272 valence electrons. The fraction of sp³-hybridized carbons (Fsp3) is 0.816. The summed E-state index contributed by atoms with van der Waals surface area (Å²) in [7, 11) is 0. The Hall–Kier alpha value is -2.56. The molecule has 2 aliphatic heterocycles. The number of amides is 4. The number of nitrogens with zero attached hydrogens (tertiary/aromatic N) is 1. The number of thioether (sulfide) groups is 1. The molecule has 0 aromatic heterocycles. The molecule has 4 N–H and O–H groups in total. The summed E-state index contributed by atoms with van der Waals surface area (Å²) in [6.45, 7) is 7.85. The lowest BCUT2D eigenvalue weighted by molar-refractivity contribution is -0.128. The van der Waals surface area contributed by atoms with Crippen molar-refractivity contribution in [2.45, 2.75) is 134 Å². The molecule has 5 fully saturated rings. The van der Waals surface area contributed by atoms with Gasteiger partial charge in [-0.05, 0) is 125 Å². The first-order valence-electron chi connectivity index (χ1n) is 19.2. The standard InChI is InChI=1S/C38H59N5O5S/c1-24(44)28-13-14-29-27-12-11-25-21-26(15-17-37(25,2)30(27)16-18-38(28,29)3)43-48-22-34(46)40-20-8-4-7-19-39-33(45)10-6-5-9-32-35-31(23-49-32)41-36(47)42-35/h21,27-32,35H,4-20,22-23H2,1-3H3,(H,39,45)(H,40,46)(H2,41,42,47)/b43-26-/t27-,28+,29-,30-,31+,32+,35+,37+,38-/m1/s1. The van der Waals surface area contributed by atoms with Crippen LogP contribution in [0.2, 0.25) is 0 Å². The van der Waals surface area contributed by atoms with Crippen molar-refractivity contribution in [2.75, 3.05) is 25.4 Å². The first kappa shape index (κ1) is 36.2. The fourth-order valence-corrected chi connectivity index (χ4v) is 12.3. The Morgan fingerprint density at radius 2 is 1.73 bits per heavy atom. The van der Waals surface area contributed by atoms with Crippen LogP contribution >= 0.6 is 11.8 Å². The minimum Gasteiger partial charge on any atom is -0.385 e. The summed E-state index contributed by atoms with van der Waals surface area (Å²) in [6, 6.07) is 0.424. The van der Waals surface area contributed by atoms with E-state index in [-0.39, 0.29) is 53.3 Å². The van der Waals surface area contributed by atoms with Crippen LogP contribution < -0.4 is 21.3 Å². The molecule has 9 atom stereocenters. The van der Waals surface area contributed by atoms with Crippen molar-refractivity contribution in [3.8, 4) is 0 Å². The predicted octanol–water partition coefficient (Wildman–Crippen LogP) is 5.66. The zero-order chi connectivity index (χ0) is 34.6. The smallest absolute Gasteiger partial charge is 0.315 e. The van der Waals surface area contributed by atoms with Crippen LogP contribution in [0.25, 0.3) is 0 Å². The number of rotatable bonds is 15. The Bertz CT molecular complexity index is 1320. The van der Waals surface area contributed by atoms with Gasteiger partial charge in [-0.15, -0.1) is 0 Å². The first-order valence-corrected chi connectivity index (χ1v) is 20.3. The molecule has 6 rings (SSSR count). The van der Waals surface area contributed by atoms with Crippen molar-refractivity contribution in [1.29, 1.82) is 0 Å². The average Bonchev–Trinajstić information content (AvgIpc) is 3.74. The molecule has 11 heteroatoms. The number of ketones is 1. The maximum absolute atomic E-state index is 12.4. The summed E-state index contributed by atoms with van der Waals surface area (Å²) in [5, 5.41) is 16.7. The monoisotopic (exact) mass is 697 g/mol. The minimum absolute atomic E-state index is 0.0538. The Morgan fingerprint density at radius 3 is 2.53 bits per heavy atom. The van der Waals surface area contributed by atoms with E-state index in [2.05, 4.69) is 46.3 Å². The summed E-state index contributed by atoms with van der Waals surface area (Å²) in [5.74, 6) is 3.63. The van der Waals surface area contributed by atoms with E-state index >= 15 is 0 Å². The maximum Gasteiger partial charge on any atom is 0.315 e. The number of carbonyl (C=O) groups excluding carboxylic acids is 4. The number of Topliss-reactive ketones (excluding diaryl/α,β-unsaturated/α-hetero) is 1. The van der Waals surface area contributed by atoms with Gasteiger partial charge in [-0.3, -0.25) is 14.4 Å². The second-order valence-electron chi connectivity index (χ2n) is 16.3. The third kappa shape index (κ3) is 8.01. The number of hydrogen-bond acceptors (Lipinski definition) is 7. The summed E-state index contributed by atoms with van der Waals surface area (Å²) < 4.78 is 0. The highest BCUT2D eigenvalue weighted by Gasteiger charge is 2.59. The van der Waals surface area contributed by atoms with Gasteiger partial charge in [0.2, 0.25) is 5.91 Å². The topological polar surface area (TPSA) is 138 Å². The summed E-state index contributed by atoms with van der Waals surface area (Å²) >= 11 is 1.91. The molecule has 0 bridgehead atoms. The molecule has 0 spiro atoms. The van der Waals surface area contributed by atoms with Gasteiger partial charge in [0.15, 0.2) is 6.61 Å². The van der Waals surface area contributed by atoms with Crippen LogP contribution in [0, 0.1) is 34.5 Å². The largest absolute Gasteiger partial charge is 0.385 e. The van der Waals surface area contributed by atoms with E-state index in [1.807, 2.05) is 11.8 Å². The van der Waals surface area contributed by atoms with Gasteiger partial charge in [0.05, 0.1) is 17.8 Å². The zero-order valence-corrected chi connectivity index (χ0v) is 30.8. The molecule has 10 nitrogen and oxygen atoms in total. The van der Waals surface area contributed by atoms with Gasteiger partial charge in [0, 0.05) is 36.4 Å². The molecule has 2 saturated heterocycles. The van der Waals surface area contributed by atoms with Gasteiger partial charge in [0.1, 0.15) is 5.78 Å². The lowest BCUT2D eigenvalue weighted by Crippen LogP contribution is -2.51. The molecule has 3 saturated carbocycles. The Labute approximate surface area is 296 Å². The number of hydrogen-bond donors (Lipinski definition) is 4. The summed E-state index contributed by atoms with van der Waals surface area (Å²) in [4.78, 5) is 54.0. The van der Waals surface area contributed by atoms with E-state index in [1.54, 1.807) is 6.92 Å². The highest BCUT2D eigenvalue weighted by atomic mass is 32.2. The lowest BCUT2D eigenvalue weighted by Gasteiger charge is -2.58. The van der Waals surface area contributed by atoms with Crippen LogP contribution in [0.4, 0.5) is 4.79 Å². The zero-order valence-electron chi connectivity index (χ0n) is 30.0. The number of oxime groups is 1. The van der Waals surface area contributed by atoms with Crippen LogP contribution in [-0.4, -0.2) is 72.1 Å². The van der Waals surface area contributed by atoms with Gasteiger partial charge in [0.25, 0.3) is 5.91 Å². The third-order valence-electron chi connectivity index (χ3n) is 13.4. The third-order valence-corrected chi connectivity index (χ3v) is 14.9. The van der Waals surface area contributed by atoms with E-state index in [9.17, 15) is 19.2 Å². The maximum atomic E-state index is 12.4. The average molecular weight is 698 g/mol. The van der Waals surface area contributed by atoms with Crippen LogP contribution in [-0.2, 0) is 19.2 Å². The fourth-order valence-electron chi connectivity index (χ4n) is 10.8. The van der Waals surface area contributed by atoms with Gasteiger partial charge < -0.3 is 26.1 Å². The highest BCUT2D eigenvalue weighted by molar-refractivity contribution is 8.00. The molecule has 0 aromatic carbocycles. The minimum atomic E-state index is -0.157. The Kier molecular flexibility index (Phi) is 11.7. The number of nitrogens with one attached hydrogen (secondary N) is 4. The molecule has 2 heterocycles.